The second kappa shape index (κ2) is 6.05. The Hall–Kier alpha value is -0.570. The number of piperidine rings is 1. The second-order valence-corrected chi connectivity index (χ2v) is 6.53. The van der Waals surface area contributed by atoms with E-state index in [1.165, 1.54) is 12.8 Å². The van der Waals surface area contributed by atoms with E-state index in [1.807, 2.05) is 0 Å². The highest BCUT2D eigenvalue weighted by Crippen LogP contribution is 2.31. The zero-order valence-electron chi connectivity index (χ0n) is 11.9. The molecule has 1 heterocycles. The summed E-state index contributed by atoms with van der Waals surface area (Å²) in [5.74, 6) is 1.75. The van der Waals surface area contributed by atoms with Gasteiger partial charge in [-0.15, -0.1) is 0 Å². The van der Waals surface area contributed by atoms with Gasteiger partial charge in [0.15, 0.2) is 0 Å². The van der Waals surface area contributed by atoms with Gasteiger partial charge in [0, 0.05) is 0 Å². The molecule has 4 unspecified atom stereocenters. The van der Waals surface area contributed by atoms with E-state index in [-0.39, 0.29) is 18.1 Å². The third-order valence-corrected chi connectivity index (χ3v) is 4.44. The van der Waals surface area contributed by atoms with Crippen molar-refractivity contribution in [2.24, 2.45) is 17.8 Å². The summed E-state index contributed by atoms with van der Waals surface area (Å²) in [6.07, 6.45) is 5.79. The van der Waals surface area contributed by atoms with Gasteiger partial charge in [-0.2, -0.15) is 0 Å². The molecular formula is C15H27NO2. The van der Waals surface area contributed by atoms with E-state index in [0.717, 1.165) is 25.8 Å². The molecule has 0 aromatic rings. The largest absolute Gasteiger partial charge is 0.461 e. The van der Waals surface area contributed by atoms with Gasteiger partial charge in [0.25, 0.3) is 0 Å². The second-order valence-electron chi connectivity index (χ2n) is 6.53. The predicted octanol–water partition coefficient (Wildman–Crippen LogP) is 2.74. The van der Waals surface area contributed by atoms with Crippen molar-refractivity contribution in [3.63, 3.8) is 0 Å². The molecule has 2 aliphatic rings. The van der Waals surface area contributed by atoms with Crippen LogP contribution in [-0.2, 0) is 9.53 Å². The van der Waals surface area contributed by atoms with Crippen molar-refractivity contribution in [1.82, 2.24) is 5.32 Å². The fourth-order valence-corrected chi connectivity index (χ4v) is 3.57. The highest BCUT2D eigenvalue weighted by atomic mass is 16.5. The maximum Gasteiger partial charge on any atom is 0.323 e. The van der Waals surface area contributed by atoms with Crippen LogP contribution in [0.25, 0.3) is 0 Å². The van der Waals surface area contributed by atoms with Crippen LogP contribution in [0.5, 0.6) is 0 Å². The molecule has 0 radical (unpaired) electrons. The summed E-state index contributed by atoms with van der Waals surface area (Å²) in [5.41, 5.74) is 0. The van der Waals surface area contributed by atoms with E-state index in [0.29, 0.717) is 17.8 Å². The van der Waals surface area contributed by atoms with Crippen molar-refractivity contribution >= 4 is 5.97 Å². The van der Waals surface area contributed by atoms with E-state index in [9.17, 15) is 4.79 Å². The van der Waals surface area contributed by atoms with Crippen LogP contribution in [0, 0.1) is 17.8 Å². The van der Waals surface area contributed by atoms with Crippen LogP contribution < -0.4 is 5.32 Å². The lowest BCUT2D eigenvalue weighted by atomic mass is 9.81. The first-order valence-electron chi connectivity index (χ1n) is 7.50. The minimum Gasteiger partial charge on any atom is -0.461 e. The van der Waals surface area contributed by atoms with Crippen LogP contribution >= 0.6 is 0 Å². The molecule has 0 aromatic carbocycles. The third-order valence-electron chi connectivity index (χ3n) is 4.44. The van der Waals surface area contributed by atoms with E-state index < -0.39 is 0 Å². The number of ether oxygens (including phenoxy) is 1. The monoisotopic (exact) mass is 253 g/mol. The van der Waals surface area contributed by atoms with Gasteiger partial charge in [-0.3, -0.25) is 4.79 Å². The standard InChI is InChI=1S/C15H27NO2/c1-10-7-11(2)9-13(8-10)18-15(17)14-12(3)5-4-6-16-14/h10-14,16H,4-9H2,1-3H3. The summed E-state index contributed by atoms with van der Waals surface area (Å²) in [6, 6.07) is -0.0775. The molecule has 3 heteroatoms. The number of carbonyl (C=O) groups excluding carboxylic acids is 1. The summed E-state index contributed by atoms with van der Waals surface area (Å²) in [4.78, 5) is 12.2. The van der Waals surface area contributed by atoms with E-state index >= 15 is 0 Å². The molecule has 0 aromatic heterocycles. The number of hydrogen-bond acceptors (Lipinski definition) is 3. The number of rotatable bonds is 2. The highest BCUT2D eigenvalue weighted by Gasteiger charge is 2.32. The number of carbonyl (C=O) groups is 1. The van der Waals surface area contributed by atoms with Gasteiger partial charge in [-0.05, 0) is 56.4 Å². The molecule has 3 nitrogen and oxygen atoms in total. The van der Waals surface area contributed by atoms with Gasteiger partial charge in [0.2, 0.25) is 0 Å². The van der Waals surface area contributed by atoms with Crippen LogP contribution in [0.2, 0.25) is 0 Å². The van der Waals surface area contributed by atoms with E-state index in [2.05, 4.69) is 26.1 Å². The van der Waals surface area contributed by atoms with Crippen molar-refractivity contribution in [3.8, 4) is 0 Å². The number of hydrogen-bond donors (Lipinski definition) is 1. The molecule has 2 rings (SSSR count). The first-order chi connectivity index (χ1) is 8.56. The van der Waals surface area contributed by atoms with Crippen LogP contribution in [0.3, 0.4) is 0 Å². The molecular weight excluding hydrogens is 226 g/mol. The molecule has 1 saturated carbocycles. The van der Waals surface area contributed by atoms with Crippen molar-refractivity contribution < 1.29 is 9.53 Å². The van der Waals surface area contributed by atoms with E-state index in [1.54, 1.807) is 0 Å². The van der Waals surface area contributed by atoms with Gasteiger partial charge >= 0.3 is 5.97 Å². The maximum absolute atomic E-state index is 12.2. The molecule has 1 aliphatic heterocycles. The van der Waals surface area contributed by atoms with Crippen LogP contribution in [0.15, 0.2) is 0 Å². The van der Waals surface area contributed by atoms with Crippen molar-refractivity contribution in [1.29, 1.82) is 0 Å². The Morgan fingerprint density at radius 2 is 1.78 bits per heavy atom. The lowest BCUT2D eigenvalue weighted by molar-refractivity contribution is -0.156. The first-order valence-corrected chi connectivity index (χ1v) is 7.50. The fourth-order valence-electron chi connectivity index (χ4n) is 3.57. The zero-order chi connectivity index (χ0) is 13.1. The summed E-state index contributed by atoms with van der Waals surface area (Å²) in [5, 5.41) is 3.31. The van der Waals surface area contributed by atoms with Crippen LogP contribution in [0.4, 0.5) is 0 Å². The average molecular weight is 253 g/mol. The number of nitrogens with one attached hydrogen (secondary N) is 1. The quantitative estimate of drug-likeness (QED) is 0.769. The molecule has 0 spiro atoms. The van der Waals surface area contributed by atoms with Crippen LogP contribution in [-0.4, -0.2) is 24.7 Å². The molecule has 18 heavy (non-hydrogen) atoms. The first kappa shape index (κ1) is 13.9. The molecule has 0 bridgehead atoms. The minimum atomic E-state index is -0.0775. The molecule has 1 N–H and O–H groups in total. The van der Waals surface area contributed by atoms with Gasteiger partial charge < -0.3 is 10.1 Å². The van der Waals surface area contributed by atoms with Crippen molar-refractivity contribution in [3.05, 3.63) is 0 Å². The van der Waals surface area contributed by atoms with Gasteiger partial charge in [0.1, 0.15) is 12.1 Å². The smallest absolute Gasteiger partial charge is 0.323 e. The third kappa shape index (κ3) is 3.47. The zero-order valence-corrected chi connectivity index (χ0v) is 11.9. The normalized spacial score (nSPS) is 41.4. The molecule has 1 aliphatic carbocycles. The predicted molar refractivity (Wildman–Crippen MR) is 72.2 cm³/mol. The molecule has 4 atom stereocenters. The molecule has 1 saturated heterocycles. The van der Waals surface area contributed by atoms with Gasteiger partial charge in [-0.25, -0.2) is 0 Å². The Labute approximate surface area is 111 Å². The Bertz CT molecular complexity index is 282. The Morgan fingerprint density at radius 1 is 1.11 bits per heavy atom. The average Bonchev–Trinajstić information content (AvgIpc) is 2.27. The SMILES string of the molecule is CC1CC(C)CC(OC(=O)C2NCCCC2C)C1. The Balaban J connectivity index is 1.86. The highest BCUT2D eigenvalue weighted by molar-refractivity contribution is 5.76. The van der Waals surface area contributed by atoms with Crippen molar-refractivity contribution in [2.45, 2.75) is 65.0 Å². The van der Waals surface area contributed by atoms with Crippen LogP contribution in [0.1, 0.15) is 52.9 Å². The molecule has 2 fully saturated rings. The maximum atomic E-state index is 12.2. The van der Waals surface area contributed by atoms with Gasteiger partial charge in [0.05, 0.1) is 0 Å². The minimum absolute atomic E-state index is 0.0199. The number of esters is 1. The molecule has 0 amide bonds. The Kier molecular flexibility index (Phi) is 4.66. The molecule has 104 valence electrons. The van der Waals surface area contributed by atoms with Gasteiger partial charge in [-0.1, -0.05) is 20.8 Å². The lowest BCUT2D eigenvalue weighted by Gasteiger charge is -2.34. The summed E-state index contributed by atoms with van der Waals surface area (Å²) >= 11 is 0. The topological polar surface area (TPSA) is 38.3 Å². The Morgan fingerprint density at radius 3 is 2.39 bits per heavy atom. The van der Waals surface area contributed by atoms with E-state index in [4.69, 9.17) is 4.74 Å². The fraction of sp³-hybridized carbons (Fsp3) is 0.933. The lowest BCUT2D eigenvalue weighted by Crippen LogP contribution is -2.48. The summed E-state index contributed by atoms with van der Waals surface area (Å²) in [7, 11) is 0. The summed E-state index contributed by atoms with van der Waals surface area (Å²) in [6.45, 7) is 7.61. The summed E-state index contributed by atoms with van der Waals surface area (Å²) < 4.78 is 5.74. The van der Waals surface area contributed by atoms with Crippen molar-refractivity contribution in [2.75, 3.05) is 6.54 Å².